The average molecular weight is 235 g/mol. The van der Waals surface area contributed by atoms with Gasteiger partial charge >= 0.3 is 0 Å². The van der Waals surface area contributed by atoms with E-state index in [1.807, 2.05) is 6.92 Å². The Bertz CT molecular complexity index is 502. The van der Waals surface area contributed by atoms with E-state index in [1.165, 1.54) is 10.9 Å². The molecule has 17 heavy (non-hydrogen) atoms. The van der Waals surface area contributed by atoms with Gasteiger partial charge in [-0.15, -0.1) is 0 Å². The molecule has 0 aliphatic heterocycles. The molecule has 0 saturated heterocycles. The second-order valence-electron chi connectivity index (χ2n) is 3.55. The molecule has 0 unspecified atom stereocenters. The lowest BCUT2D eigenvalue weighted by Gasteiger charge is -2.05. The summed E-state index contributed by atoms with van der Waals surface area (Å²) in [4.78, 5) is 11.7. The first-order chi connectivity index (χ1) is 8.20. The number of hydrogen-bond donors (Lipinski definition) is 2. The number of aliphatic hydroxyl groups is 1. The Labute approximate surface area is 97.9 Å². The van der Waals surface area contributed by atoms with E-state index in [2.05, 4.69) is 10.4 Å². The van der Waals surface area contributed by atoms with Crippen LogP contribution in [0.15, 0.2) is 28.9 Å². The van der Waals surface area contributed by atoms with E-state index in [1.54, 1.807) is 18.2 Å². The molecular formula is C11H13N3O3. The fourth-order valence-electron chi connectivity index (χ4n) is 1.50. The molecule has 0 spiro atoms. The van der Waals surface area contributed by atoms with Crippen LogP contribution in [0.4, 0.5) is 5.82 Å². The number of carbonyl (C=O) groups excluding carboxylic acids is 1. The second-order valence-corrected chi connectivity index (χ2v) is 3.55. The molecule has 2 rings (SSSR count). The molecule has 2 N–H and O–H groups in total. The summed E-state index contributed by atoms with van der Waals surface area (Å²) in [5.41, 5.74) is 0.771. The Morgan fingerprint density at radius 1 is 1.65 bits per heavy atom. The van der Waals surface area contributed by atoms with Gasteiger partial charge in [-0.05, 0) is 19.1 Å². The van der Waals surface area contributed by atoms with Crippen LogP contribution >= 0.6 is 0 Å². The molecule has 0 aliphatic rings. The highest BCUT2D eigenvalue weighted by atomic mass is 16.3. The molecule has 0 bridgehead atoms. The van der Waals surface area contributed by atoms with E-state index in [0.717, 1.165) is 5.69 Å². The SMILES string of the molecule is Cc1cc(NC(=O)c2ccco2)n(CCO)n1. The minimum absolute atomic E-state index is 0.0370. The number of furan rings is 1. The number of aliphatic hydroxyl groups excluding tert-OH is 1. The number of aromatic nitrogens is 2. The highest BCUT2D eigenvalue weighted by Gasteiger charge is 2.12. The number of rotatable bonds is 4. The molecule has 2 aromatic heterocycles. The van der Waals surface area contributed by atoms with Crippen LogP contribution in [0.5, 0.6) is 0 Å². The molecule has 6 heteroatoms. The van der Waals surface area contributed by atoms with Crippen molar-refractivity contribution in [1.82, 2.24) is 9.78 Å². The lowest BCUT2D eigenvalue weighted by atomic mass is 10.4. The number of carbonyl (C=O) groups is 1. The molecule has 0 saturated carbocycles. The number of nitrogens with one attached hydrogen (secondary N) is 1. The van der Waals surface area contributed by atoms with Crippen molar-refractivity contribution in [3.8, 4) is 0 Å². The molecule has 1 amide bonds. The maximum absolute atomic E-state index is 11.7. The van der Waals surface area contributed by atoms with Crippen molar-refractivity contribution in [3.63, 3.8) is 0 Å². The number of anilines is 1. The van der Waals surface area contributed by atoms with Crippen LogP contribution < -0.4 is 5.32 Å². The van der Waals surface area contributed by atoms with Crippen molar-refractivity contribution in [2.75, 3.05) is 11.9 Å². The summed E-state index contributed by atoms with van der Waals surface area (Å²) >= 11 is 0. The van der Waals surface area contributed by atoms with Crippen molar-refractivity contribution >= 4 is 11.7 Å². The van der Waals surface area contributed by atoms with E-state index >= 15 is 0 Å². The molecule has 2 heterocycles. The van der Waals surface area contributed by atoms with Crippen molar-refractivity contribution in [2.24, 2.45) is 0 Å². The molecule has 0 fully saturated rings. The van der Waals surface area contributed by atoms with Crippen molar-refractivity contribution in [3.05, 3.63) is 35.9 Å². The maximum atomic E-state index is 11.7. The van der Waals surface area contributed by atoms with E-state index in [-0.39, 0.29) is 18.3 Å². The number of hydrogen-bond acceptors (Lipinski definition) is 4. The normalized spacial score (nSPS) is 10.5. The summed E-state index contributed by atoms with van der Waals surface area (Å²) in [7, 11) is 0. The minimum atomic E-state index is -0.339. The predicted octanol–water partition coefficient (Wildman–Crippen LogP) is 1.03. The molecular weight excluding hydrogens is 222 g/mol. The highest BCUT2D eigenvalue weighted by Crippen LogP contribution is 2.12. The topological polar surface area (TPSA) is 80.3 Å². The fraction of sp³-hybridized carbons (Fsp3) is 0.273. The Balaban J connectivity index is 2.15. The van der Waals surface area contributed by atoms with Gasteiger partial charge in [-0.1, -0.05) is 0 Å². The number of aryl methyl sites for hydroxylation is 1. The highest BCUT2D eigenvalue weighted by molar-refractivity contribution is 6.01. The predicted molar refractivity (Wildman–Crippen MR) is 60.7 cm³/mol. The first-order valence-corrected chi connectivity index (χ1v) is 5.21. The van der Waals surface area contributed by atoms with E-state index < -0.39 is 0 Å². The standard InChI is InChI=1S/C11H13N3O3/c1-8-7-10(14(13-8)4-5-15)12-11(16)9-3-2-6-17-9/h2-3,6-7,15H,4-5H2,1H3,(H,12,16). The molecule has 0 aliphatic carbocycles. The minimum Gasteiger partial charge on any atom is -0.459 e. The molecule has 6 nitrogen and oxygen atoms in total. The third-order valence-electron chi connectivity index (χ3n) is 2.20. The fourth-order valence-corrected chi connectivity index (χ4v) is 1.50. The lowest BCUT2D eigenvalue weighted by Crippen LogP contribution is -2.16. The quantitative estimate of drug-likeness (QED) is 0.829. The van der Waals surface area contributed by atoms with Crippen LogP contribution in [0.2, 0.25) is 0 Å². The van der Waals surface area contributed by atoms with Gasteiger partial charge in [0.2, 0.25) is 0 Å². The number of nitrogens with zero attached hydrogens (tertiary/aromatic N) is 2. The summed E-state index contributed by atoms with van der Waals surface area (Å²) in [6.45, 7) is 2.11. The Kier molecular flexibility index (Phi) is 3.24. The van der Waals surface area contributed by atoms with Crippen LogP contribution in [-0.4, -0.2) is 27.4 Å². The van der Waals surface area contributed by atoms with Gasteiger partial charge in [-0.3, -0.25) is 4.79 Å². The monoisotopic (exact) mass is 235 g/mol. The molecule has 90 valence electrons. The summed E-state index contributed by atoms with van der Waals surface area (Å²) < 4.78 is 6.52. The van der Waals surface area contributed by atoms with Gasteiger partial charge in [0.1, 0.15) is 5.82 Å². The van der Waals surface area contributed by atoms with Gasteiger partial charge in [-0.2, -0.15) is 5.10 Å². The maximum Gasteiger partial charge on any atom is 0.292 e. The second kappa shape index (κ2) is 4.84. The zero-order valence-electron chi connectivity index (χ0n) is 9.38. The van der Waals surface area contributed by atoms with Crippen molar-refractivity contribution < 1.29 is 14.3 Å². The van der Waals surface area contributed by atoms with Crippen LogP contribution in [0.25, 0.3) is 0 Å². The van der Waals surface area contributed by atoms with Gasteiger partial charge in [-0.25, -0.2) is 4.68 Å². The van der Waals surface area contributed by atoms with Gasteiger partial charge in [0, 0.05) is 6.07 Å². The van der Waals surface area contributed by atoms with Gasteiger partial charge in [0.05, 0.1) is 25.1 Å². The largest absolute Gasteiger partial charge is 0.459 e. The van der Waals surface area contributed by atoms with Crippen LogP contribution in [0.1, 0.15) is 16.2 Å². The van der Waals surface area contributed by atoms with Gasteiger partial charge < -0.3 is 14.8 Å². The first-order valence-electron chi connectivity index (χ1n) is 5.21. The van der Waals surface area contributed by atoms with Crippen LogP contribution in [0, 0.1) is 6.92 Å². The Morgan fingerprint density at radius 3 is 3.12 bits per heavy atom. The summed E-state index contributed by atoms with van der Waals surface area (Å²) in [6.07, 6.45) is 1.44. The van der Waals surface area contributed by atoms with Crippen LogP contribution in [0.3, 0.4) is 0 Å². The molecule has 0 atom stereocenters. The van der Waals surface area contributed by atoms with Gasteiger partial charge in [0.15, 0.2) is 5.76 Å². The Hall–Kier alpha value is -2.08. The first kappa shape index (κ1) is 11.4. The Morgan fingerprint density at radius 2 is 2.47 bits per heavy atom. The zero-order valence-corrected chi connectivity index (χ0v) is 9.38. The van der Waals surface area contributed by atoms with Gasteiger partial charge in [0.25, 0.3) is 5.91 Å². The van der Waals surface area contributed by atoms with Crippen molar-refractivity contribution in [1.29, 1.82) is 0 Å². The summed E-state index contributed by atoms with van der Waals surface area (Å²) in [6, 6.07) is 4.95. The summed E-state index contributed by atoms with van der Waals surface area (Å²) in [5, 5.41) is 15.7. The summed E-state index contributed by atoms with van der Waals surface area (Å²) in [5.74, 6) is 0.437. The molecule has 0 aromatic carbocycles. The average Bonchev–Trinajstić information content (AvgIpc) is 2.89. The van der Waals surface area contributed by atoms with Crippen LogP contribution in [-0.2, 0) is 6.54 Å². The van der Waals surface area contributed by atoms with E-state index in [4.69, 9.17) is 9.52 Å². The zero-order chi connectivity index (χ0) is 12.3. The van der Waals surface area contributed by atoms with E-state index in [9.17, 15) is 4.79 Å². The smallest absolute Gasteiger partial charge is 0.292 e. The molecule has 0 radical (unpaired) electrons. The lowest BCUT2D eigenvalue weighted by molar-refractivity contribution is 0.0995. The third-order valence-corrected chi connectivity index (χ3v) is 2.20. The molecule has 2 aromatic rings. The van der Waals surface area contributed by atoms with Crippen molar-refractivity contribution in [2.45, 2.75) is 13.5 Å². The van der Waals surface area contributed by atoms with E-state index in [0.29, 0.717) is 12.4 Å². The number of amides is 1. The third kappa shape index (κ3) is 2.54.